The minimum atomic E-state index is -0.0000521. The van der Waals surface area contributed by atoms with Crippen LogP contribution in [0.3, 0.4) is 0 Å². The van der Waals surface area contributed by atoms with Crippen molar-refractivity contribution in [3.63, 3.8) is 0 Å². The summed E-state index contributed by atoms with van der Waals surface area (Å²) in [4.78, 5) is 28.3. The third-order valence-electron chi connectivity index (χ3n) is 7.83. The van der Waals surface area contributed by atoms with Crippen LogP contribution in [0.25, 0.3) is 5.70 Å². The highest BCUT2D eigenvalue weighted by Crippen LogP contribution is 2.35. The van der Waals surface area contributed by atoms with Crippen molar-refractivity contribution in [3.05, 3.63) is 100 Å². The van der Waals surface area contributed by atoms with Gasteiger partial charge >= 0.3 is 0 Å². The fraction of sp³-hybridized carbons (Fsp3) is 0.333. The SMILES string of the molecule is CC(C)N(c1ccc(C=O)cc1)C1NC(c2ccc(N(C)C(=O)c3ccc(C4CCCCC4)cc3)cc2)=CS1. The van der Waals surface area contributed by atoms with Crippen LogP contribution < -0.4 is 15.1 Å². The molecule has 1 heterocycles. The van der Waals surface area contributed by atoms with Crippen molar-refractivity contribution in [1.82, 2.24) is 5.32 Å². The molecule has 0 bridgehead atoms. The lowest BCUT2D eigenvalue weighted by Gasteiger charge is -2.35. The zero-order valence-corrected chi connectivity index (χ0v) is 23.8. The summed E-state index contributed by atoms with van der Waals surface area (Å²) in [5, 5.41) is 5.80. The molecule has 0 radical (unpaired) electrons. The van der Waals surface area contributed by atoms with Gasteiger partial charge in [0.25, 0.3) is 5.91 Å². The van der Waals surface area contributed by atoms with E-state index < -0.39 is 0 Å². The Morgan fingerprint density at radius 3 is 2.15 bits per heavy atom. The van der Waals surface area contributed by atoms with Gasteiger partial charge in [-0.2, -0.15) is 0 Å². The number of amides is 1. The summed E-state index contributed by atoms with van der Waals surface area (Å²) in [5.41, 5.74) is 6.86. The number of carbonyl (C=O) groups is 2. The van der Waals surface area contributed by atoms with Crippen molar-refractivity contribution < 1.29 is 9.59 Å². The Hall–Kier alpha value is -3.51. The molecule has 1 N–H and O–H groups in total. The van der Waals surface area contributed by atoms with Gasteiger partial charge in [0.1, 0.15) is 6.29 Å². The normalized spacial score (nSPS) is 17.4. The summed E-state index contributed by atoms with van der Waals surface area (Å²) in [7, 11) is 1.84. The standard InChI is InChI=1S/C33H37N3O2S/c1-23(2)36(30-17-9-24(21-37)10-18-30)33-34-31(22-39-33)27-15-19-29(20-16-27)35(3)32(38)28-13-11-26(12-14-28)25-7-5-4-6-8-25/h9-23,25,33-34H,4-8H2,1-3H3. The minimum Gasteiger partial charge on any atom is -0.356 e. The van der Waals surface area contributed by atoms with Crippen LogP contribution in [0.2, 0.25) is 0 Å². The predicted octanol–water partition coefficient (Wildman–Crippen LogP) is 7.66. The Labute approximate surface area is 236 Å². The second-order valence-corrected chi connectivity index (χ2v) is 11.7. The van der Waals surface area contributed by atoms with Crippen molar-refractivity contribution in [1.29, 1.82) is 0 Å². The molecular weight excluding hydrogens is 502 g/mol. The van der Waals surface area contributed by atoms with Crippen LogP contribution in [0.4, 0.5) is 11.4 Å². The second kappa shape index (κ2) is 12.1. The molecule has 3 aromatic rings. The Kier molecular flexibility index (Phi) is 8.41. The highest BCUT2D eigenvalue weighted by Gasteiger charge is 2.27. The molecule has 0 saturated heterocycles. The Bertz CT molecular complexity index is 1310. The van der Waals surface area contributed by atoms with Gasteiger partial charge in [0.05, 0.1) is 5.70 Å². The van der Waals surface area contributed by atoms with Gasteiger partial charge in [0, 0.05) is 35.6 Å². The molecule has 5 nitrogen and oxygen atoms in total. The van der Waals surface area contributed by atoms with Crippen LogP contribution in [0.1, 0.15) is 83.7 Å². The molecule has 6 heteroatoms. The van der Waals surface area contributed by atoms with Crippen LogP contribution in [-0.2, 0) is 0 Å². The largest absolute Gasteiger partial charge is 0.356 e. The van der Waals surface area contributed by atoms with E-state index in [4.69, 9.17) is 0 Å². The molecule has 2 aliphatic rings. The van der Waals surface area contributed by atoms with Gasteiger partial charge in [-0.15, -0.1) is 0 Å². The van der Waals surface area contributed by atoms with Crippen molar-refractivity contribution in [2.75, 3.05) is 16.8 Å². The third kappa shape index (κ3) is 6.06. The number of nitrogens with one attached hydrogen (secondary N) is 1. The number of hydrogen-bond donors (Lipinski definition) is 1. The van der Waals surface area contributed by atoms with E-state index in [0.29, 0.717) is 11.5 Å². The van der Waals surface area contributed by atoms with Gasteiger partial charge in [-0.1, -0.05) is 55.3 Å². The van der Waals surface area contributed by atoms with Crippen LogP contribution in [0.5, 0.6) is 0 Å². The maximum absolute atomic E-state index is 13.2. The van der Waals surface area contributed by atoms with E-state index in [1.165, 1.54) is 37.7 Å². The van der Waals surface area contributed by atoms with Crippen LogP contribution in [0, 0.1) is 0 Å². The first-order valence-corrected chi connectivity index (χ1v) is 14.8. The van der Waals surface area contributed by atoms with Gasteiger partial charge in [0.2, 0.25) is 0 Å². The van der Waals surface area contributed by atoms with E-state index in [-0.39, 0.29) is 17.4 Å². The number of hydrogen-bond acceptors (Lipinski definition) is 5. The van der Waals surface area contributed by atoms with Gasteiger partial charge in [-0.25, -0.2) is 0 Å². The lowest BCUT2D eigenvalue weighted by molar-refractivity contribution is 0.0992. The van der Waals surface area contributed by atoms with Crippen molar-refractivity contribution in [3.8, 4) is 0 Å². The Morgan fingerprint density at radius 1 is 0.897 bits per heavy atom. The number of thioether (sulfide) groups is 1. The number of anilines is 2. The molecule has 0 aromatic heterocycles. The van der Waals surface area contributed by atoms with Crippen LogP contribution in [0.15, 0.2) is 78.2 Å². The molecule has 202 valence electrons. The molecule has 1 amide bonds. The maximum atomic E-state index is 13.2. The zero-order valence-electron chi connectivity index (χ0n) is 23.0. The quantitative estimate of drug-likeness (QED) is 0.298. The number of benzene rings is 3. The first-order chi connectivity index (χ1) is 18.9. The van der Waals surface area contributed by atoms with E-state index in [1.54, 1.807) is 16.7 Å². The summed E-state index contributed by atoms with van der Waals surface area (Å²) in [5.74, 6) is 0.639. The van der Waals surface area contributed by atoms with Gasteiger partial charge in [-0.3, -0.25) is 9.59 Å². The molecule has 0 spiro atoms. The number of rotatable bonds is 8. The zero-order chi connectivity index (χ0) is 27.4. The van der Waals surface area contributed by atoms with Crippen molar-refractivity contribution >= 4 is 41.0 Å². The summed E-state index contributed by atoms with van der Waals surface area (Å²) in [6.07, 6.45) is 7.35. The molecule has 1 aliphatic heterocycles. The lowest BCUT2D eigenvalue weighted by Crippen LogP contribution is -2.44. The Morgan fingerprint density at radius 2 is 1.54 bits per heavy atom. The topological polar surface area (TPSA) is 52.7 Å². The average Bonchev–Trinajstić information content (AvgIpc) is 3.47. The summed E-state index contributed by atoms with van der Waals surface area (Å²) in [6.45, 7) is 4.33. The molecular formula is C33H37N3O2S. The predicted molar refractivity (Wildman–Crippen MR) is 163 cm³/mol. The lowest BCUT2D eigenvalue weighted by atomic mass is 9.84. The van der Waals surface area contributed by atoms with Gasteiger partial charge in [-0.05, 0) is 97.7 Å². The number of carbonyl (C=O) groups excluding carboxylic acids is 2. The van der Waals surface area contributed by atoms with E-state index >= 15 is 0 Å². The fourth-order valence-corrected chi connectivity index (χ4v) is 6.72. The van der Waals surface area contributed by atoms with E-state index in [9.17, 15) is 9.59 Å². The van der Waals surface area contributed by atoms with Crippen molar-refractivity contribution in [2.45, 2.75) is 63.4 Å². The Balaban J connectivity index is 1.23. The van der Waals surface area contributed by atoms with E-state index in [2.05, 4.69) is 53.7 Å². The highest BCUT2D eigenvalue weighted by atomic mass is 32.2. The van der Waals surface area contributed by atoms with Crippen LogP contribution in [-0.4, -0.2) is 30.8 Å². The molecule has 1 aliphatic carbocycles. The molecule has 1 unspecified atom stereocenters. The molecule has 1 atom stereocenters. The monoisotopic (exact) mass is 539 g/mol. The minimum absolute atomic E-state index is 0.0000521. The molecule has 1 fully saturated rings. The molecule has 39 heavy (non-hydrogen) atoms. The van der Waals surface area contributed by atoms with Crippen molar-refractivity contribution in [2.24, 2.45) is 0 Å². The smallest absolute Gasteiger partial charge is 0.258 e. The van der Waals surface area contributed by atoms with Gasteiger partial charge in [0.15, 0.2) is 5.50 Å². The molecule has 5 rings (SSSR count). The second-order valence-electron chi connectivity index (χ2n) is 10.7. The maximum Gasteiger partial charge on any atom is 0.258 e. The third-order valence-corrected chi connectivity index (χ3v) is 8.81. The summed E-state index contributed by atoms with van der Waals surface area (Å²) < 4.78 is 0. The van der Waals surface area contributed by atoms with Gasteiger partial charge < -0.3 is 15.1 Å². The number of aldehydes is 1. The molecule has 1 saturated carbocycles. The fourth-order valence-electron chi connectivity index (χ4n) is 5.56. The average molecular weight is 540 g/mol. The van der Waals surface area contributed by atoms with E-state index in [1.807, 2.05) is 55.6 Å². The van der Waals surface area contributed by atoms with Crippen LogP contribution >= 0.6 is 11.8 Å². The number of nitrogens with zero attached hydrogens (tertiary/aromatic N) is 2. The molecule has 3 aromatic carbocycles. The highest BCUT2D eigenvalue weighted by molar-refractivity contribution is 8.03. The van der Waals surface area contributed by atoms with E-state index in [0.717, 1.165) is 34.5 Å². The first kappa shape index (κ1) is 27.1. The first-order valence-electron chi connectivity index (χ1n) is 13.9. The summed E-state index contributed by atoms with van der Waals surface area (Å²) >= 11 is 1.73. The summed E-state index contributed by atoms with van der Waals surface area (Å²) in [6, 6.07) is 24.3.